The Kier molecular flexibility index (Phi) is 6.01. The molecule has 2 aromatic carbocycles. The van der Waals surface area contributed by atoms with Crippen LogP contribution in [0.3, 0.4) is 0 Å². The van der Waals surface area contributed by atoms with Gasteiger partial charge in [0.15, 0.2) is 11.5 Å². The van der Waals surface area contributed by atoms with Crippen molar-refractivity contribution in [2.75, 3.05) is 26.6 Å². The number of anilines is 1. The maximum Gasteiger partial charge on any atom is 0.322 e. The zero-order valence-electron chi connectivity index (χ0n) is 17.0. The normalized spacial score (nSPS) is 10.7. The number of amides is 1. The molecule has 3 rings (SSSR count). The van der Waals surface area contributed by atoms with Gasteiger partial charge in [-0.1, -0.05) is 31.1 Å². The summed E-state index contributed by atoms with van der Waals surface area (Å²) in [5, 5.41) is 10.5. The van der Waals surface area contributed by atoms with Crippen LogP contribution in [0, 0.1) is 0 Å². The van der Waals surface area contributed by atoms with Gasteiger partial charge in [-0.15, -0.1) is 5.10 Å². The van der Waals surface area contributed by atoms with Crippen LogP contribution in [0.15, 0.2) is 40.8 Å². The number of benzene rings is 2. The molecule has 0 saturated carbocycles. The first-order valence-corrected chi connectivity index (χ1v) is 9.02. The molecule has 0 unspecified atom stereocenters. The van der Waals surface area contributed by atoms with E-state index in [9.17, 15) is 4.79 Å². The molecule has 0 radical (unpaired) electrons. The number of hydrogen-bond donors (Lipinski definition) is 1. The van der Waals surface area contributed by atoms with Crippen molar-refractivity contribution in [1.29, 1.82) is 0 Å². The third-order valence-corrected chi connectivity index (χ3v) is 4.40. The summed E-state index contributed by atoms with van der Waals surface area (Å²) in [7, 11) is 4.45. The molecular formula is C21H23N3O5. The number of carbonyl (C=O) groups excluding carboxylic acids is 1. The van der Waals surface area contributed by atoms with Crippen molar-refractivity contribution in [3.63, 3.8) is 0 Å². The molecule has 0 bridgehead atoms. The molecule has 29 heavy (non-hydrogen) atoms. The van der Waals surface area contributed by atoms with E-state index in [1.165, 1.54) is 26.9 Å². The average Bonchev–Trinajstić information content (AvgIpc) is 3.20. The maximum atomic E-state index is 12.6. The highest BCUT2D eigenvalue weighted by atomic mass is 16.5. The van der Waals surface area contributed by atoms with Gasteiger partial charge < -0.3 is 18.6 Å². The zero-order valence-corrected chi connectivity index (χ0v) is 17.0. The summed E-state index contributed by atoms with van der Waals surface area (Å²) in [5.74, 6) is 1.44. The molecule has 8 nitrogen and oxygen atoms in total. The summed E-state index contributed by atoms with van der Waals surface area (Å²) < 4.78 is 21.4. The molecular weight excluding hydrogens is 374 g/mol. The number of rotatable bonds is 7. The third kappa shape index (κ3) is 4.31. The predicted molar refractivity (Wildman–Crippen MR) is 108 cm³/mol. The van der Waals surface area contributed by atoms with Crippen LogP contribution in [-0.2, 0) is 0 Å². The van der Waals surface area contributed by atoms with Crippen LogP contribution in [0.1, 0.15) is 35.7 Å². The summed E-state index contributed by atoms with van der Waals surface area (Å²) in [4.78, 5) is 12.6. The summed E-state index contributed by atoms with van der Waals surface area (Å²) in [6.07, 6.45) is 0. The van der Waals surface area contributed by atoms with Crippen molar-refractivity contribution in [1.82, 2.24) is 10.2 Å². The van der Waals surface area contributed by atoms with E-state index in [0.717, 1.165) is 5.56 Å². The van der Waals surface area contributed by atoms with Gasteiger partial charge in [-0.05, 0) is 35.7 Å². The van der Waals surface area contributed by atoms with Crippen molar-refractivity contribution in [2.45, 2.75) is 19.8 Å². The molecule has 1 amide bonds. The van der Waals surface area contributed by atoms with Crippen molar-refractivity contribution >= 4 is 11.9 Å². The second kappa shape index (κ2) is 8.64. The molecule has 1 heterocycles. The largest absolute Gasteiger partial charge is 0.493 e. The van der Waals surface area contributed by atoms with E-state index in [1.54, 1.807) is 12.1 Å². The first-order valence-electron chi connectivity index (χ1n) is 9.02. The van der Waals surface area contributed by atoms with E-state index in [0.29, 0.717) is 34.6 Å². The minimum Gasteiger partial charge on any atom is -0.493 e. The topological polar surface area (TPSA) is 95.7 Å². The summed E-state index contributed by atoms with van der Waals surface area (Å²) in [6, 6.07) is 10.9. The van der Waals surface area contributed by atoms with Crippen LogP contribution < -0.4 is 19.5 Å². The van der Waals surface area contributed by atoms with E-state index >= 15 is 0 Å². The number of aromatic nitrogens is 2. The molecule has 0 aliphatic rings. The van der Waals surface area contributed by atoms with Crippen LogP contribution in [0.25, 0.3) is 11.5 Å². The zero-order chi connectivity index (χ0) is 21.0. The molecule has 0 atom stereocenters. The van der Waals surface area contributed by atoms with Crippen molar-refractivity contribution in [3.05, 3.63) is 47.5 Å². The number of nitrogens with zero attached hydrogens (tertiary/aromatic N) is 2. The number of ether oxygens (including phenoxy) is 3. The lowest BCUT2D eigenvalue weighted by molar-refractivity contribution is 0.102. The Morgan fingerprint density at radius 1 is 0.966 bits per heavy atom. The van der Waals surface area contributed by atoms with Crippen LogP contribution in [0.2, 0.25) is 0 Å². The minimum absolute atomic E-state index is 0.00770. The molecule has 152 valence electrons. The molecule has 8 heteroatoms. The van der Waals surface area contributed by atoms with Gasteiger partial charge in [0.25, 0.3) is 5.91 Å². The summed E-state index contributed by atoms with van der Waals surface area (Å²) >= 11 is 0. The van der Waals surface area contributed by atoms with Gasteiger partial charge in [0.1, 0.15) is 0 Å². The Morgan fingerprint density at radius 3 is 2.10 bits per heavy atom. The van der Waals surface area contributed by atoms with Crippen LogP contribution in [0.5, 0.6) is 17.2 Å². The Balaban J connectivity index is 1.80. The van der Waals surface area contributed by atoms with Crippen molar-refractivity contribution in [3.8, 4) is 28.7 Å². The standard InChI is InChI=1S/C21H23N3O5/c1-12(2)13-6-8-14(9-7-13)20-23-24-21(29-20)22-19(25)15-10-16(26-3)18(28-5)17(11-15)27-4/h6-12H,1-5H3,(H,22,24,25). The fourth-order valence-corrected chi connectivity index (χ4v) is 2.78. The monoisotopic (exact) mass is 397 g/mol. The highest BCUT2D eigenvalue weighted by Gasteiger charge is 2.19. The Hall–Kier alpha value is -3.55. The first kappa shape index (κ1) is 20.2. The Morgan fingerprint density at radius 2 is 1.59 bits per heavy atom. The Bertz CT molecular complexity index is 971. The van der Waals surface area contributed by atoms with Crippen molar-refractivity contribution < 1.29 is 23.4 Å². The number of methoxy groups -OCH3 is 3. The smallest absolute Gasteiger partial charge is 0.322 e. The van der Waals surface area contributed by atoms with Crippen molar-refractivity contribution in [2.24, 2.45) is 0 Å². The third-order valence-electron chi connectivity index (χ3n) is 4.40. The first-order chi connectivity index (χ1) is 14.0. The van der Waals surface area contributed by atoms with E-state index in [2.05, 4.69) is 29.4 Å². The van der Waals surface area contributed by atoms with Gasteiger partial charge in [-0.2, -0.15) is 0 Å². The van der Waals surface area contributed by atoms with E-state index in [4.69, 9.17) is 18.6 Å². The lowest BCUT2D eigenvalue weighted by Gasteiger charge is -2.13. The van der Waals surface area contributed by atoms with Gasteiger partial charge in [0, 0.05) is 11.1 Å². The second-order valence-corrected chi connectivity index (χ2v) is 6.56. The number of carbonyl (C=O) groups is 1. The summed E-state index contributed by atoms with van der Waals surface area (Å²) in [5.41, 5.74) is 2.28. The minimum atomic E-state index is -0.449. The fraction of sp³-hybridized carbons (Fsp3) is 0.286. The highest BCUT2D eigenvalue weighted by Crippen LogP contribution is 2.38. The number of nitrogens with one attached hydrogen (secondary N) is 1. The van der Waals surface area contributed by atoms with E-state index in [-0.39, 0.29) is 6.01 Å². The molecule has 3 aromatic rings. The van der Waals surface area contributed by atoms with Crippen LogP contribution >= 0.6 is 0 Å². The quantitative estimate of drug-likeness (QED) is 0.640. The Labute approximate surface area is 168 Å². The van der Waals surface area contributed by atoms with Gasteiger partial charge in [-0.3, -0.25) is 10.1 Å². The molecule has 1 aromatic heterocycles. The van der Waals surface area contributed by atoms with Gasteiger partial charge >= 0.3 is 6.01 Å². The maximum absolute atomic E-state index is 12.6. The predicted octanol–water partition coefficient (Wildman–Crippen LogP) is 4.14. The second-order valence-electron chi connectivity index (χ2n) is 6.56. The average molecular weight is 397 g/mol. The van der Waals surface area contributed by atoms with Gasteiger partial charge in [0.2, 0.25) is 11.6 Å². The molecule has 1 N–H and O–H groups in total. The fourth-order valence-electron chi connectivity index (χ4n) is 2.78. The molecule has 0 fully saturated rings. The molecule has 0 saturated heterocycles. The molecule has 0 spiro atoms. The van der Waals surface area contributed by atoms with E-state index < -0.39 is 5.91 Å². The summed E-state index contributed by atoms with van der Waals surface area (Å²) in [6.45, 7) is 4.25. The van der Waals surface area contributed by atoms with Crippen LogP contribution in [0.4, 0.5) is 6.01 Å². The molecule has 0 aliphatic heterocycles. The highest BCUT2D eigenvalue weighted by molar-refractivity contribution is 6.04. The molecule has 0 aliphatic carbocycles. The van der Waals surface area contributed by atoms with Gasteiger partial charge in [-0.25, -0.2) is 0 Å². The van der Waals surface area contributed by atoms with E-state index in [1.807, 2.05) is 24.3 Å². The lowest BCUT2D eigenvalue weighted by Crippen LogP contribution is -2.13. The van der Waals surface area contributed by atoms with Gasteiger partial charge in [0.05, 0.1) is 21.3 Å². The number of hydrogen-bond acceptors (Lipinski definition) is 7. The SMILES string of the molecule is COc1cc(C(=O)Nc2nnc(-c3ccc(C(C)C)cc3)o2)cc(OC)c1OC. The lowest BCUT2D eigenvalue weighted by atomic mass is 10.0. The van der Waals surface area contributed by atoms with Crippen LogP contribution in [-0.4, -0.2) is 37.4 Å².